The first-order chi connectivity index (χ1) is 8.84. The lowest BCUT2D eigenvalue weighted by atomic mass is 10.3. The Morgan fingerprint density at radius 2 is 1.63 bits per heavy atom. The molecule has 0 spiro atoms. The fourth-order valence-corrected chi connectivity index (χ4v) is 1.96. The number of halogens is 1. The van der Waals surface area contributed by atoms with Gasteiger partial charge < -0.3 is 9.42 Å². The number of hydrogen-bond donors (Lipinski definition) is 2. The molecule has 0 aliphatic heterocycles. The summed E-state index contributed by atoms with van der Waals surface area (Å²) < 4.78 is 14.6. The van der Waals surface area contributed by atoms with Gasteiger partial charge in [-0.2, -0.15) is 0 Å². The minimum Gasteiger partial charge on any atom is -0.403 e. The Morgan fingerprint density at radius 3 is 1.95 bits per heavy atom. The standard InChI is InChI=1S/C6H6ClO4P.C6H15N/c7-5-3-1-2-4-6(5)11-12(8,9)10;1-4-7(5-2)6-3/h1-4H,(H2,8,9,10);4-6H2,1-3H3. The normalized spacial score (nSPS) is 10.9. The second-order valence-corrected chi connectivity index (χ2v) is 5.20. The van der Waals surface area contributed by atoms with Crippen molar-refractivity contribution in [2.75, 3.05) is 19.6 Å². The number of benzene rings is 1. The Bertz CT molecular complexity index is 401. The summed E-state index contributed by atoms with van der Waals surface area (Å²) in [7, 11) is -4.50. The summed E-state index contributed by atoms with van der Waals surface area (Å²) in [6, 6.07) is 6.06. The van der Waals surface area contributed by atoms with E-state index >= 15 is 0 Å². The first kappa shape index (κ1) is 18.4. The van der Waals surface area contributed by atoms with Gasteiger partial charge in [-0.3, -0.25) is 9.79 Å². The molecule has 1 aromatic carbocycles. The largest absolute Gasteiger partial charge is 0.524 e. The van der Waals surface area contributed by atoms with E-state index in [-0.39, 0.29) is 10.8 Å². The van der Waals surface area contributed by atoms with Crippen LogP contribution in [0.4, 0.5) is 0 Å². The highest BCUT2D eigenvalue weighted by atomic mass is 35.5. The second kappa shape index (κ2) is 9.34. The monoisotopic (exact) mass is 309 g/mol. The summed E-state index contributed by atoms with van der Waals surface area (Å²) in [4.78, 5) is 19.2. The van der Waals surface area contributed by atoms with E-state index in [9.17, 15) is 4.57 Å². The molecule has 0 saturated heterocycles. The average molecular weight is 310 g/mol. The van der Waals surface area contributed by atoms with Gasteiger partial charge in [0.15, 0.2) is 0 Å². The molecule has 0 heterocycles. The highest BCUT2D eigenvalue weighted by Crippen LogP contribution is 2.40. The molecule has 0 unspecified atom stereocenters. The molecule has 0 amide bonds. The summed E-state index contributed by atoms with van der Waals surface area (Å²) in [6.07, 6.45) is 0. The summed E-state index contributed by atoms with van der Waals surface area (Å²) in [6.45, 7) is 10.1. The first-order valence-electron chi connectivity index (χ1n) is 6.06. The SMILES string of the molecule is CCN(CC)CC.O=P(O)(O)Oc1ccccc1Cl. The van der Waals surface area contributed by atoms with E-state index in [4.69, 9.17) is 21.4 Å². The van der Waals surface area contributed by atoms with Crippen LogP contribution in [0.3, 0.4) is 0 Å². The highest BCUT2D eigenvalue weighted by Gasteiger charge is 2.17. The van der Waals surface area contributed by atoms with Gasteiger partial charge in [-0.05, 0) is 31.8 Å². The molecule has 0 aliphatic carbocycles. The highest BCUT2D eigenvalue weighted by molar-refractivity contribution is 7.46. The summed E-state index contributed by atoms with van der Waals surface area (Å²) >= 11 is 5.56. The predicted molar refractivity (Wildman–Crippen MR) is 77.6 cm³/mol. The maximum Gasteiger partial charge on any atom is 0.524 e. The third kappa shape index (κ3) is 9.03. The van der Waals surface area contributed by atoms with E-state index in [1.165, 1.54) is 31.8 Å². The van der Waals surface area contributed by atoms with Gasteiger partial charge in [-0.15, -0.1) is 0 Å². The van der Waals surface area contributed by atoms with Crippen LogP contribution in [-0.2, 0) is 4.57 Å². The number of phosphoric acid groups is 1. The van der Waals surface area contributed by atoms with Crippen molar-refractivity contribution in [2.45, 2.75) is 20.8 Å². The zero-order valence-electron chi connectivity index (χ0n) is 11.4. The van der Waals surface area contributed by atoms with Crippen molar-refractivity contribution in [3.8, 4) is 5.75 Å². The Labute approximate surface area is 119 Å². The van der Waals surface area contributed by atoms with Crippen LogP contribution < -0.4 is 4.52 Å². The number of hydrogen-bond acceptors (Lipinski definition) is 3. The minimum absolute atomic E-state index is 0.0208. The zero-order chi connectivity index (χ0) is 14.9. The molecule has 7 heteroatoms. The zero-order valence-corrected chi connectivity index (χ0v) is 13.1. The minimum atomic E-state index is -4.50. The molecule has 1 rings (SSSR count). The average Bonchev–Trinajstić information content (AvgIpc) is 2.34. The van der Waals surface area contributed by atoms with Gasteiger partial charge in [-0.25, -0.2) is 4.57 Å². The van der Waals surface area contributed by atoms with Crippen molar-refractivity contribution in [1.82, 2.24) is 4.90 Å². The maximum absolute atomic E-state index is 10.4. The van der Waals surface area contributed by atoms with Crippen molar-refractivity contribution >= 4 is 19.4 Å². The van der Waals surface area contributed by atoms with Crippen molar-refractivity contribution in [3.63, 3.8) is 0 Å². The quantitative estimate of drug-likeness (QED) is 0.818. The predicted octanol–water partition coefficient (Wildman–Crippen LogP) is 3.16. The van der Waals surface area contributed by atoms with Crippen LogP contribution in [0, 0.1) is 0 Å². The summed E-state index contributed by atoms with van der Waals surface area (Å²) in [5.74, 6) is -0.0208. The van der Waals surface area contributed by atoms with Crippen molar-refractivity contribution in [1.29, 1.82) is 0 Å². The molecule has 0 bridgehead atoms. The van der Waals surface area contributed by atoms with E-state index in [2.05, 4.69) is 30.2 Å². The molecule has 0 atom stereocenters. The van der Waals surface area contributed by atoms with E-state index < -0.39 is 7.82 Å². The fourth-order valence-electron chi connectivity index (χ4n) is 1.32. The lowest BCUT2D eigenvalue weighted by molar-refractivity contribution is 0.283. The molecule has 0 fully saturated rings. The maximum atomic E-state index is 10.4. The van der Waals surface area contributed by atoms with Gasteiger partial charge in [0.2, 0.25) is 0 Å². The first-order valence-corrected chi connectivity index (χ1v) is 7.96. The van der Waals surface area contributed by atoms with Crippen LogP contribution in [0.15, 0.2) is 24.3 Å². The Kier molecular flexibility index (Phi) is 9.06. The molecule has 1 aromatic rings. The van der Waals surface area contributed by atoms with Gasteiger partial charge in [0.25, 0.3) is 0 Å². The Hall–Kier alpha value is -0.580. The van der Waals surface area contributed by atoms with Crippen molar-refractivity contribution in [2.24, 2.45) is 0 Å². The van der Waals surface area contributed by atoms with Crippen molar-refractivity contribution in [3.05, 3.63) is 29.3 Å². The van der Waals surface area contributed by atoms with Crippen LogP contribution in [-0.4, -0.2) is 34.3 Å². The molecule has 0 saturated carbocycles. The Morgan fingerprint density at radius 1 is 1.16 bits per heavy atom. The van der Waals surface area contributed by atoms with Gasteiger partial charge in [-0.1, -0.05) is 44.5 Å². The molecule has 0 radical (unpaired) electrons. The molecule has 2 N–H and O–H groups in total. The molecule has 5 nitrogen and oxygen atoms in total. The third-order valence-corrected chi connectivity index (χ3v) is 3.14. The number of nitrogens with zero attached hydrogens (tertiary/aromatic N) is 1. The lowest BCUT2D eigenvalue weighted by Gasteiger charge is -2.13. The van der Waals surface area contributed by atoms with E-state index in [0.29, 0.717) is 0 Å². The van der Waals surface area contributed by atoms with E-state index in [0.717, 1.165) is 0 Å². The summed E-state index contributed by atoms with van der Waals surface area (Å²) in [5.41, 5.74) is 0. The van der Waals surface area contributed by atoms with Gasteiger partial charge in [0.1, 0.15) is 5.75 Å². The third-order valence-electron chi connectivity index (χ3n) is 2.40. The fraction of sp³-hybridized carbons (Fsp3) is 0.500. The molecular weight excluding hydrogens is 289 g/mol. The molecule has 19 heavy (non-hydrogen) atoms. The van der Waals surface area contributed by atoms with Gasteiger partial charge in [0, 0.05) is 0 Å². The van der Waals surface area contributed by atoms with Crippen molar-refractivity contribution < 1.29 is 18.9 Å². The molecule has 0 aliphatic rings. The lowest BCUT2D eigenvalue weighted by Crippen LogP contribution is -2.21. The van der Waals surface area contributed by atoms with Crippen LogP contribution in [0.1, 0.15) is 20.8 Å². The number of rotatable bonds is 5. The number of phosphoric ester groups is 1. The van der Waals surface area contributed by atoms with Gasteiger partial charge in [0.05, 0.1) is 5.02 Å². The van der Waals surface area contributed by atoms with Crippen LogP contribution in [0.2, 0.25) is 5.02 Å². The Balaban J connectivity index is 0.000000399. The number of para-hydroxylation sites is 1. The van der Waals surface area contributed by atoms with Gasteiger partial charge >= 0.3 is 7.82 Å². The topological polar surface area (TPSA) is 70.0 Å². The second-order valence-electron chi connectivity index (χ2n) is 3.63. The van der Waals surface area contributed by atoms with Crippen LogP contribution in [0.5, 0.6) is 5.75 Å². The molecule has 110 valence electrons. The molecular formula is C12H21ClNO4P. The van der Waals surface area contributed by atoms with Crippen LogP contribution >= 0.6 is 19.4 Å². The van der Waals surface area contributed by atoms with Crippen LogP contribution in [0.25, 0.3) is 0 Å². The summed E-state index contributed by atoms with van der Waals surface area (Å²) in [5, 5.41) is 0.167. The smallest absolute Gasteiger partial charge is 0.403 e. The van der Waals surface area contributed by atoms with E-state index in [1.807, 2.05) is 0 Å². The molecule has 0 aromatic heterocycles. The van der Waals surface area contributed by atoms with E-state index in [1.54, 1.807) is 12.1 Å².